The monoisotopic (exact) mass is 499 g/mol. The highest BCUT2D eigenvalue weighted by Gasteiger charge is 2.35. The summed E-state index contributed by atoms with van der Waals surface area (Å²) in [6.45, 7) is 2.76. The third-order valence-corrected chi connectivity index (χ3v) is 6.52. The summed E-state index contributed by atoms with van der Waals surface area (Å²) < 4.78 is 5.46. The van der Waals surface area contributed by atoms with Gasteiger partial charge in [-0.15, -0.1) is 0 Å². The zero-order valence-corrected chi connectivity index (χ0v) is 20.4. The molecule has 0 aliphatic carbocycles. The molecule has 2 amide bonds. The highest BCUT2D eigenvalue weighted by molar-refractivity contribution is 6.45. The van der Waals surface area contributed by atoms with E-state index >= 15 is 0 Å². The average molecular weight is 500 g/mol. The number of rotatable bonds is 6. The van der Waals surface area contributed by atoms with Crippen LogP contribution in [0.1, 0.15) is 34.2 Å². The molecule has 5 rings (SSSR count). The molecule has 1 saturated heterocycles. The van der Waals surface area contributed by atoms with Gasteiger partial charge in [-0.05, 0) is 18.6 Å². The van der Waals surface area contributed by atoms with Gasteiger partial charge in [0, 0.05) is 50.5 Å². The van der Waals surface area contributed by atoms with Crippen LogP contribution in [-0.2, 0) is 4.79 Å². The van der Waals surface area contributed by atoms with E-state index in [2.05, 4.69) is 24.9 Å². The fourth-order valence-electron chi connectivity index (χ4n) is 4.62. The molecule has 0 saturated carbocycles. The lowest BCUT2D eigenvalue weighted by Gasteiger charge is -2.40. The maximum Gasteiger partial charge on any atom is 0.295 e. The molecule has 188 valence electrons. The number of carbonyl (C=O) groups excluding carboxylic acids is 3. The maximum atomic E-state index is 13.5. The number of nitrogens with one attached hydrogen (secondary N) is 1. The molecular formula is C26H25N7O4. The van der Waals surface area contributed by atoms with E-state index in [1.165, 1.54) is 24.4 Å². The van der Waals surface area contributed by atoms with Crippen LogP contribution in [0.25, 0.3) is 22.3 Å². The standard InChI is InChI=1S/C26H25N7O4/c1-3-16-15-32(10-11-33(16)25(35)18-6-4-5-7-28-18)26(36)24(34)17-12-30-23-21(17)20(37-2)14-31-22(23)19-13-27-8-9-29-19/h4-9,12-14,16,30H,3,10-11,15H2,1-2H3/t16-/m0/s1. The Labute approximate surface area is 212 Å². The summed E-state index contributed by atoms with van der Waals surface area (Å²) in [4.78, 5) is 63.1. The number of fused-ring (bicyclic) bond motifs is 1. The number of aromatic nitrogens is 5. The lowest BCUT2D eigenvalue weighted by Crippen LogP contribution is -2.57. The molecule has 11 heteroatoms. The second kappa shape index (κ2) is 10.1. The van der Waals surface area contributed by atoms with E-state index < -0.39 is 11.7 Å². The number of piperazine rings is 1. The third kappa shape index (κ3) is 4.39. The second-order valence-electron chi connectivity index (χ2n) is 8.57. The predicted octanol–water partition coefficient (Wildman–Crippen LogP) is 2.37. The highest BCUT2D eigenvalue weighted by atomic mass is 16.5. The molecule has 0 bridgehead atoms. The van der Waals surface area contributed by atoms with Gasteiger partial charge >= 0.3 is 0 Å². The summed E-state index contributed by atoms with van der Waals surface area (Å²) in [5.74, 6) is -1.13. The minimum Gasteiger partial charge on any atom is -0.494 e. The zero-order chi connectivity index (χ0) is 25.9. The molecule has 5 heterocycles. The highest BCUT2D eigenvalue weighted by Crippen LogP contribution is 2.34. The molecule has 4 aromatic heterocycles. The van der Waals surface area contributed by atoms with Gasteiger partial charge < -0.3 is 19.5 Å². The third-order valence-electron chi connectivity index (χ3n) is 6.52. The number of H-pyrrole nitrogens is 1. The van der Waals surface area contributed by atoms with Crippen LogP contribution < -0.4 is 4.74 Å². The van der Waals surface area contributed by atoms with Gasteiger partial charge in [0.05, 0.1) is 36.0 Å². The Morgan fingerprint density at radius 2 is 1.95 bits per heavy atom. The molecule has 1 aliphatic heterocycles. The van der Waals surface area contributed by atoms with Crippen LogP contribution >= 0.6 is 0 Å². The molecule has 11 nitrogen and oxygen atoms in total. The Hall–Kier alpha value is -4.67. The van der Waals surface area contributed by atoms with Crippen molar-refractivity contribution in [3.05, 3.63) is 66.6 Å². The molecule has 1 aliphatic rings. The van der Waals surface area contributed by atoms with Crippen molar-refractivity contribution in [2.75, 3.05) is 26.7 Å². The van der Waals surface area contributed by atoms with Crippen LogP contribution in [0.2, 0.25) is 0 Å². The Kier molecular flexibility index (Phi) is 6.59. The van der Waals surface area contributed by atoms with Crippen LogP contribution in [0.4, 0.5) is 0 Å². The Morgan fingerprint density at radius 3 is 2.65 bits per heavy atom. The van der Waals surface area contributed by atoms with Crippen molar-refractivity contribution in [1.29, 1.82) is 0 Å². The van der Waals surface area contributed by atoms with Gasteiger partial charge in [-0.2, -0.15) is 0 Å². The number of nitrogens with zero attached hydrogens (tertiary/aromatic N) is 6. The van der Waals surface area contributed by atoms with E-state index in [9.17, 15) is 14.4 Å². The lowest BCUT2D eigenvalue weighted by molar-refractivity contribution is -0.129. The maximum absolute atomic E-state index is 13.5. The van der Waals surface area contributed by atoms with Gasteiger partial charge in [0.15, 0.2) is 0 Å². The van der Waals surface area contributed by atoms with Gasteiger partial charge in [0.2, 0.25) is 0 Å². The number of methoxy groups -OCH3 is 1. The zero-order valence-electron chi connectivity index (χ0n) is 20.4. The van der Waals surface area contributed by atoms with E-state index in [0.29, 0.717) is 46.7 Å². The Morgan fingerprint density at radius 1 is 1.08 bits per heavy atom. The van der Waals surface area contributed by atoms with E-state index in [-0.39, 0.29) is 30.6 Å². The molecule has 4 aromatic rings. The van der Waals surface area contributed by atoms with Crippen LogP contribution in [0.15, 0.2) is 55.4 Å². The first-order valence-electron chi connectivity index (χ1n) is 11.9. The van der Waals surface area contributed by atoms with Gasteiger partial charge in [0.1, 0.15) is 22.8 Å². The van der Waals surface area contributed by atoms with Crippen molar-refractivity contribution < 1.29 is 19.1 Å². The Bertz CT molecular complexity index is 1460. The van der Waals surface area contributed by atoms with Crippen LogP contribution in [0, 0.1) is 0 Å². The largest absolute Gasteiger partial charge is 0.494 e. The normalized spacial score (nSPS) is 15.6. The molecule has 0 spiro atoms. The number of carbonyl (C=O) groups is 3. The number of hydrogen-bond acceptors (Lipinski definition) is 8. The topological polar surface area (TPSA) is 134 Å². The second-order valence-corrected chi connectivity index (χ2v) is 8.57. The summed E-state index contributed by atoms with van der Waals surface area (Å²) in [5.41, 5.74) is 2.07. The number of Topliss-reactive ketones (excluding diaryl/α,β-unsaturated/α-hetero) is 1. The van der Waals surface area contributed by atoms with Crippen molar-refractivity contribution in [3.63, 3.8) is 0 Å². The first-order valence-corrected chi connectivity index (χ1v) is 11.9. The SMILES string of the molecule is CC[C@H]1CN(C(=O)C(=O)c2c[nH]c3c(-c4cnccn4)ncc(OC)c23)CCN1C(=O)c1ccccn1. The van der Waals surface area contributed by atoms with Crippen molar-refractivity contribution in [1.82, 2.24) is 34.7 Å². The van der Waals surface area contributed by atoms with Gasteiger partial charge in [-0.3, -0.25) is 29.3 Å². The summed E-state index contributed by atoms with van der Waals surface area (Å²) in [6, 6.07) is 4.96. The number of hydrogen-bond donors (Lipinski definition) is 1. The molecule has 1 atom stereocenters. The first kappa shape index (κ1) is 24.0. The molecule has 37 heavy (non-hydrogen) atoms. The molecule has 1 N–H and O–H groups in total. The van der Waals surface area contributed by atoms with E-state index in [4.69, 9.17) is 4.74 Å². The van der Waals surface area contributed by atoms with Gasteiger partial charge in [0.25, 0.3) is 17.6 Å². The fraction of sp³-hybridized carbons (Fsp3) is 0.269. The van der Waals surface area contributed by atoms with Crippen LogP contribution in [0.3, 0.4) is 0 Å². The minimum absolute atomic E-state index is 0.184. The summed E-state index contributed by atoms with van der Waals surface area (Å²) in [6.07, 6.45) is 9.87. The van der Waals surface area contributed by atoms with Gasteiger partial charge in [-0.25, -0.2) is 4.98 Å². The van der Waals surface area contributed by atoms with E-state index in [1.807, 2.05) is 6.92 Å². The molecule has 1 fully saturated rings. The minimum atomic E-state index is -0.666. The number of ketones is 1. The summed E-state index contributed by atoms with van der Waals surface area (Å²) in [7, 11) is 1.48. The van der Waals surface area contributed by atoms with Crippen molar-refractivity contribution in [2.24, 2.45) is 0 Å². The number of aromatic amines is 1. The van der Waals surface area contributed by atoms with Crippen LogP contribution in [0.5, 0.6) is 5.75 Å². The molecule has 0 radical (unpaired) electrons. The predicted molar refractivity (Wildman–Crippen MR) is 134 cm³/mol. The van der Waals surface area contributed by atoms with Crippen molar-refractivity contribution >= 4 is 28.5 Å². The number of ether oxygens (including phenoxy) is 1. The first-order chi connectivity index (χ1) is 18.0. The number of pyridine rings is 2. The quantitative estimate of drug-likeness (QED) is 0.316. The Balaban J connectivity index is 1.41. The summed E-state index contributed by atoms with van der Waals surface area (Å²) >= 11 is 0. The van der Waals surface area contributed by atoms with E-state index in [1.54, 1.807) is 47.9 Å². The van der Waals surface area contributed by atoms with Crippen LogP contribution in [-0.4, -0.2) is 85.1 Å². The molecular weight excluding hydrogens is 474 g/mol. The van der Waals surface area contributed by atoms with Crippen molar-refractivity contribution in [2.45, 2.75) is 19.4 Å². The number of amides is 2. The smallest absolute Gasteiger partial charge is 0.295 e. The van der Waals surface area contributed by atoms with E-state index in [0.717, 1.165) is 0 Å². The lowest BCUT2D eigenvalue weighted by atomic mass is 10.0. The molecule has 0 aromatic carbocycles. The fourth-order valence-corrected chi connectivity index (χ4v) is 4.62. The average Bonchev–Trinajstić information content (AvgIpc) is 3.41. The summed E-state index contributed by atoms with van der Waals surface area (Å²) in [5, 5.41) is 0.451. The molecule has 0 unspecified atom stereocenters. The van der Waals surface area contributed by atoms with Crippen molar-refractivity contribution in [3.8, 4) is 17.1 Å². The van der Waals surface area contributed by atoms with Gasteiger partial charge in [-0.1, -0.05) is 13.0 Å².